The van der Waals surface area contributed by atoms with Gasteiger partial charge in [-0.15, -0.1) is 0 Å². The monoisotopic (exact) mass is 978 g/mol. The molecule has 0 aliphatic carbocycles. The van der Waals surface area contributed by atoms with Gasteiger partial charge in [0.15, 0.2) is 11.6 Å². The second-order valence-corrected chi connectivity index (χ2v) is 17.4. The number of ether oxygens (including phenoxy) is 2. The molecule has 0 radical (unpaired) electrons. The summed E-state index contributed by atoms with van der Waals surface area (Å²) in [5, 5.41) is 27.3. The van der Waals surface area contributed by atoms with Crippen molar-refractivity contribution in [3.63, 3.8) is 0 Å². The molecule has 2 aliphatic rings. The number of β-amino-alcohol motifs (C(OH)–C–C–N with tert-alkyl or cyclic N) is 2. The van der Waals surface area contributed by atoms with Gasteiger partial charge in [0.05, 0.1) is 58.8 Å². The molecule has 8 nitrogen and oxygen atoms in total. The number of ketones is 2. The van der Waals surface area contributed by atoms with Crippen molar-refractivity contribution >= 4 is 11.6 Å². The summed E-state index contributed by atoms with van der Waals surface area (Å²) in [5.74, 6) is -0.806. The van der Waals surface area contributed by atoms with Gasteiger partial charge in [0.25, 0.3) is 0 Å². The summed E-state index contributed by atoms with van der Waals surface area (Å²) in [6.45, 7) is 4.95. The Hall–Kier alpha value is -4.86. The molecule has 372 valence electrons. The van der Waals surface area contributed by atoms with Crippen LogP contribution in [0, 0.1) is 0 Å². The zero-order valence-electron chi connectivity index (χ0n) is 37.1. The highest BCUT2D eigenvalue weighted by atomic mass is 19.4. The Morgan fingerprint density at radius 2 is 0.794 bits per heavy atom. The zero-order chi connectivity index (χ0) is 50.7. The highest BCUT2D eigenvalue weighted by Gasteiger charge is 2.47. The number of nitrogens with one attached hydrogen (secondary N) is 2. The van der Waals surface area contributed by atoms with E-state index in [9.17, 15) is 72.5 Å². The fraction of sp³-hybridized carbons (Fsp3) is 0.458. The van der Waals surface area contributed by atoms with Crippen molar-refractivity contribution in [3.05, 3.63) is 142 Å². The van der Waals surface area contributed by atoms with Crippen molar-refractivity contribution in [2.75, 3.05) is 26.3 Å². The number of hydrogen-bond donors (Lipinski definition) is 4. The van der Waals surface area contributed by atoms with Crippen molar-refractivity contribution in [2.45, 2.75) is 113 Å². The van der Waals surface area contributed by atoms with Gasteiger partial charge in [-0.05, 0) is 112 Å². The van der Waals surface area contributed by atoms with Gasteiger partial charge in [-0.25, -0.2) is 0 Å². The number of rotatable bonds is 12. The number of carbonyl (C=O) groups excluding carboxylic acids is 2. The van der Waals surface area contributed by atoms with Crippen LogP contribution in [0.5, 0.6) is 0 Å². The minimum Gasteiger partial charge on any atom is -0.381 e. The molecule has 4 N–H and O–H groups in total. The first kappa shape index (κ1) is 54.1. The maximum Gasteiger partial charge on any atom is 0.416 e. The van der Waals surface area contributed by atoms with E-state index in [-0.39, 0.29) is 75.2 Å². The Morgan fingerprint density at radius 1 is 0.515 bits per heavy atom. The molecular formula is C48H50F12N2O6. The van der Waals surface area contributed by atoms with E-state index in [0.29, 0.717) is 24.3 Å². The summed E-state index contributed by atoms with van der Waals surface area (Å²) in [6, 6.07) is 20.6. The van der Waals surface area contributed by atoms with Crippen LogP contribution in [0.15, 0.2) is 97.1 Å². The molecule has 0 bridgehead atoms. The third kappa shape index (κ3) is 12.9. The third-order valence-corrected chi connectivity index (χ3v) is 12.7. The van der Waals surface area contributed by atoms with Gasteiger partial charge in [-0.2, -0.15) is 52.7 Å². The van der Waals surface area contributed by atoms with Crippen molar-refractivity contribution in [3.8, 4) is 0 Å². The van der Waals surface area contributed by atoms with Gasteiger partial charge in [-0.1, -0.05) is 60.7 Å². The number of Topliss-reactive ketones (excluding diaryl/α,β-unsaturated/α-hetero) is 2. The van der Waals surface area contributed by atoms with E-state index in [4.69, 9.17) is 9.47 Å². The van der Waals surface area contributed by atoms with E-state index in [1.807, 2.05) is 0 Å². The molecule has 0 saturated carbocycles. The quantitative estimate of drug-likeness (QED) is 0.104. The van der Waals surface area contributed by atoms with Crippen LogP contribution in [0.4, 0.5) is 52.7 Å². The van der Waals surface area contributed by atoms with Crippen LogP contribution < -0.4 is 10.6 Å². The number of hydrogen-bond acceptors (Lipinski definition) is 8. The number of aliphatic hydroxyl groups is 2. The summed E-state index contributed by atoms with van der Waals surface area (Å²) in [7, 11) is 0. The summed E-state index contributed by atoms with van der Waals surface area (Å²) in [4.78, 5) is 23.7. The molecule has 6 atom stereocenters. The maximum absolute atomic E-state index is 13.2. The highest BCUT2D eigenvalue weighted by Crippen LogP contribution is 2.42. The Balaban J connectivity index is 0.000000254. The molecule has 2 heterocycles. The number of benzene rings is 4. The highest BCUT2D eigenvalue weighted by molar-refractivity contribution is 5.85. The molecule has 4 aromatic carbocycles. The summed E-state index contributed by atoms with van der Waals surface area (Å²) in [6.07, 6.45) is -21.3. The predicted molar refractivity (Wildman–Crippen MR) is 224 cm³/mol. The van der Waals surface area contributed by atoms with E-state index in [1.54, 1.807) is 60.7 Å². The van der Waals surface area contributed by atoms with Crippen LogP contribution in [0.1, 0.15) is 110 Å². The summed E-state index contributed by atoms with van der Waals surface area (Å²) < 4.78 is 170. The Kier molecular flexibility index (Phi) is 16.1. The number of halogens is 12. The van der Waals surface area contributed by atoms with Gasteiger partial charge in [0.1, 0.15) is 11.2 Å². The van der Waals surface area contributed by atoms with Gasteiger partial charge in [0, 0.05) is 13.1 Å². The SMILES string of the molecule is CC(=O)C1(O)CC[C@@](CO[C@H](C)c2cc(C(F)(F)F)cc(C(F)(F)F)c2)(c2ccccc2)NC1.CC(=O)C1(O)CC[C@@](CO[C@H](C)c2cc(C(F)(F)F)cc(C(F)(F)F)c2)(c2ccccc2)NC1. The molecule has 2 unspecified atom stereocenters. The molecule has 2 fully saturated rings. The van der Waals surface area contributed by atoms with Gasteiger partial charge in [-0.3, -0.25) is 9.59 Å². The van der Waals surface area contributed by atoms with Crippen LogP contribution in [-0.2, 0) is 54.8 Å². The topological polar surface area (TPSA) is 117 Å². The number of carbonyl (C=O) groups is 2. The normalized spacial score (nSPS) is 24.6. The minimum absolute atomic E-state index is 0.0727. The lowest BCUT2D eigenvalue weighted by Crippen LogP contribution is -2.60. The minimum atomic E-state index is -4.96. The van der Waals surface area contributed by atoms with E-state index < -0.39 is 93.0 Å². The van der Waals surface area contributed by atoms with Crippen LogP contribution in [0.2, 0.25) is 0 Å². The van der Waals surface area contributed by atoms with Gasteiger partial charge < -0.3 is 30.3 Å². The largest absolute Gasteiger partial charge is 0.416 e. The van der Waals surface area contributed by atoms with E-state index in [2.05, 4.69) is 10.6 Å². The molecule has 6 rings (SSSR count). The third-order valence-electron chi connectivity index (χ3n) is 12.7. The lowest BCUT2D eigenvalue weighted by atomic mass is 9.76. The van der Waals surface area contributed by atoms with Gasteiger partial charge in [0.2, 0.25) is 0 Å². The van der Waals surface area contributed by atoms with E-state index in [1.165, 1.54) is 27.7 Å². The van der Waals surface area contributed by atoms with Crippen molar-refractivity contribution < 1.29 is 82.0 Å². The second-order valence-electron chi connectivity index (χ2n) is 17.4. The second kappa shape index (κ2) is 20.2. The first-order valence-electron chi connectivity index (χ1n) is 21.2. The Labute approximate surface area is 384 Å². The molecule has 20 heteroatoms. The van der Waals surface area contributed by atoms with Crippen molar-refractivity contribution in [1.29, 1.82) is 0 Å². The molecule has 68 heavy (non-hydrogen) atoms. The summed E-state index contributed by atoms with van der Waals surface area (Å²) in [5.41, 5.74) is -9.57. The Morgan fingerprint density at radius 3 is 1.01 bits per heavy atom. The lowest BCUT2D eigenvalue weighted by molar-refractivity contribution is -0.145. The molecule has 2 aliphatic heterocycles. The zero-order valence-corrected chi connectivity index (χ0v) is 37.1. The van der Waals surface area contributed by atoms with Crippen molar-refractivity contribution in [1.82, 2.24) is 10.6 Å². The van der Waals surface area contributed by atoms with Gasteiger partial charge >= 0.3 is 24.7 Å². The molecular weight excluding hydrogens is 929 g/mol. The average molecular weight is 979 g/mol. The van der Waals surface area contributed by atoms with E-state index in [0.717, 1.165) is 11.1 Å². The Bertz CT molecular complexity index is 2120. The van der Waals surface area contributed by atoms with Crippen LogP contribution in [0.25, 0.3) is 0 Å². The average Bonchev–Trinajstić information content (AvgIpc) is 3.28. The molecule has 0 spiro atoms. The molecule has 0 amide bonds. The standard InChI is InChI=1S/2C24H25F6NO3/c2*1-15(17-10-19(23(25,26)27)12-20(11-17)24(28,29)30)34-14-21(18-6-4-3-5-7-18)8-9-22(33,13-31-21)16(2)32/h2*3-7,10-12,15,31,33H,8-9,13-14H2,1-2H3/t2*15-,21-,22?/m11/s1. The lowest BCUT2D eigenvalue weighted by Gasteiger charge is -2.44. The summed E-state index contributed by atoms with van der Waals surface area (Å²) >= 11 is 0. The van der Waals surface area contributed by atoms with E-state index >= 15 is 0 Å². The fourth-order valence-electron chi connectivity index (χ4n) is 8.00. The first-order valence-corrected chi connectivity index (χ1v) is 21.2. The number of alkyl halides is 12. The van der Waals surface area contributed by atoms with Crippen LogP contribution in [-0.4, -0.2) is 59.3 Å². The van der Waals surface area contributed by atoms with Crippen LogP contribution >= 0.6 is 0 Å². The molecule has 0 aromatic heterocycles. The molecule has 4 aromatic rings. The van der Waals surface area contributed by atoms with Crippen molar-refractivity contribution in [2.24, 2.45) is 0 Å². The molecule has 2 saturated heterocycles. The maximum atomic E-state index is 13.2. The fourth-order valence-corrected chi connectivity index (χ4v) is 8.00. The predicted octanol–water partition coefficient (Wildman–Crippen LogP) is 10.8. The van der Waals surface area contributed by atoms with Crippen LogP contribution in [0.3, 0.4) is 0 Å². The smallest absolute Gasteiger partial charge is 0.381 e. The first-order chi connectivity index (χ1) is 31.3. The number of piperidine rings is 2.